The largest absolute Gasteiger partial charge is 1.00 e. The van der Waals surface area contributed by atoms with Crippen LogP contribution in [-0.2, 0) is 15.1 Å². The summed E-state index contributed by atoms with van der Waals surface area (Å²) in [6.45, 7) is 3.12. The van der Waals surface area contributed by atoms with Crippen LogP contribution in [0.5, 0.6) is 0 Å². The number of esters is 1. The summed E-state index contributed by atoms with van der Waals surface area (Å²) in [4.78, 5) is 15.1. The molecule has 1 fully saturated rings. The summed E-state index contributed by atoms with van der Waals surface area (Å²) in [6, 6.07) is 18.0. The van der Waals surface area contributed by atoms with Gasteiger partial charge >= 0.3 is 5.97 Å². The second-order valence-corrected chi connectivity index (χ2v) is 6.48. The molecule has 1 aliphatic rings. The Labute approximate surface area is 161 Å². The number of halogens is 1. The van der Waals surface area contributed by atoms with E-state index >= 15 is 0 Å². The molecule has 4 nitrogen and oxygen atoms in total. The Morgan fingerprint density at radius 1 is 0.923 bits per heavy atom. The fourth-order valence-electron chi connectivity index (χ4n) is 3.32. The summed E-state index contributed by atoms with van der Waals surface area (Å²) < 4.78 is 5.49. The van der Waals surface area contributed by atoms with Crippen LogP contribution in [-0.4, -0.2) is 42.2 Å². The predicted octanol–water partition coefficient (Wildman–Crippen LogP) is -0.0444. The van der Waals surface area contributed by atoms with Gasteiger partial charge in [-0.15, -0.1) is 0 Å². The summed E-state index contributed by atoms with van der Waals surface area (Å²) in [5.41, 5.74) is -0.752. The maximum absolute atomic E-state index is 12.8. The molecule has 0 saturated carbocycles. The number of likely N-dealkylation sites (tertiary alicyclic amines) is 1. The molecule has 0 aromatic heterocycles. The summed E-state index contributed by atoms with van der Waals surface area (Å²) in [5, 5.41) is 11.3. The van der Waals surface area contributed by atoms with E-state index in [1.807, 2.05) is 36.4 Å². The molecule has 3 rings (SSSR count). The summed E-state index contributed by atoms with van der Waals surface area (Å²) in [5.74, 6) is -0.623. The van der Waals surface area contributed by atoms with E-state index in [-0.39, 0.29) is 12.4 Å². The van der Waals surface area contributed by atoms with Crippen LogP contribution < -0.4 is 12.4 Å². The fraction of sp³-hybridized carbons (Fsp3) is 0.381. The van der Waals surface area contributed by atoms with Gasteiger partial charge in [0.25, 0.3) is 0 Å². The van der Waals surface area contributed by atoms with E-state index in [0.29, 0.717) is 24.3 Å². The molecule has 0 aliphatic carbocycles. The van der Waals surface area contributed by atoms with Crippen molar-refractivity contribution in [3.8, 4) is 0 Å². The molecule has 2 aromatic carbocycles. The lowest BCUT2D eigenvalue weighted by molar-refractivity contribution is -0.162. The van der Waals surface area contributed by atoms with Crippen molar-refractivity contribution in [2.75, 3.05) is 26.2 Å². The monoisotopic (exact) mass is 374 g/mol. The van der Waals surface area contributed by atoms with Gasteiger partial charge in [-0.1, -0.05) is 67.1 Å². The molecule has 0 amide bonds. The highest BCUT2D eigenvalue weighted by molar-refractivity contribution is 5.85. The smallest absolute Gasteiger partial charge is 0.347 e. The Bertz CT molecular complexity index is 633. The van der Waals surface area contributed by atoms with E-state index in [9.17, 15) is 9.90 Å². The Hall–Kier alpha value is -1.88. The van der Waals surface area contributed by atoms with Crippen LogP contribution >= 0.6 is 0 Å². The molecule has 1 saturated heterocycles. The van der Waals surface area contributed by atoms with Crippen LogP contribution in [0, 0.1) is 0 Å². The molecule has 5 heteroatoms. The summed E-state index contributed by atoms with van der Waals surface area (Å²) in [7, 11) is 0. The van der Waals surface area contributed by atoms with Crippen molar-refractivity contribution in [2.45, 2.75) is 24.9 Å². The number of aliphatic hydroxyl groups is 1. The van der Waals surface area contributed by atoms with E-state index in [4.69, 9.17) is 4.74 Å². The number of ether oxygens (including phenoxy) is 1. The van der Waals surface area contributed by atoms with Gasteiger partial charge in [0.1, 0.15) is 6.61 Å². The second kappa shape index (κ2) is 9.72. The first-order valence-electron chi connectivity index (χ1n) is 8.94. The number of hydrogen-bond acceptors (Lipinski definition) is 4. The second-order valence-electron chi connectivity index (χ2n) is 6.48. The average molecular weight is 375 g/mol. The molecule has 2 aromatic rings. The van der Waals surface area contributed by atoms with Crippen molar-refractivity contribution in [1.29, 1.82) is 0 Å². The van der Waals surface area contributed by atoms with Crippen LogP contribution in [0.25, 0.3) is 0 Å². The Morgan fingerprint density at radius 2 is 1.42 bits per heavy atom. The maximum atomic E-state index is 12.8. The number of hydrogen-bond donors (Lipinski definition) is 1. The molecule has 1 N–H and O–H groups in total. The van der Waals surface area contributed by atoms with Gasteiger partial charge in [-0.2, -0.15) is 0 Å². The molecule has 0 unspecified atom stereocenters. The first kappa shape index (κ1) is 20.4. The average Bonchev–Trinajstić information content (AvgIpc) is 2.69. The van der Waals surface area contributed by atoms with E-state index in [0.717, 1.165) is 13.1 Å². The lowest BCUT2D eigenvalue weighted by atomic mass is 9.86. The fourth-order valence-corrected chi connectivity index (χ4v) is 3.32. The first-order chi connectivity index (χ1) is 12.2. The molecule has 140 valence electrons. The highest BCUT2D eigenvalue weighted by Gasteiger charge is 2.41. The molecule has 0 radical (unpaired) electrons. The van der Waals surface area contributed by atoms with E-state index in [2.05, 4.69) is 4.90 Å². The first-order valence-corrected chi connectivity index (χ1v) is 8.94. The van der Waals surface area contributed by atoms with Gasteiger partial charge in [-0.25, -0.2) is 4.79 Å². The van der Waals surface area contributed by atoms with E-state index < -0.39 is 11.6 Å². The van der Waals surface area contributed by atoms with Crippen molar-refractivity contribution in [3.05, 3.63) is 71.8 Å². The van der Waals surface area contributed by atoms with Crippen molar-refractivity contribution in [2.24, 2.45) is 0 Å². The topological polar surface area (TPSA) is 49.8 Å². The van der Waals surface area contributed by atoms with Gasteiger partial charge in [-0.05, 0) is 37.1 Å². The lowest BCUT2D eigenvalue weighted by Gasteiger charge is -2.29. The van der Waals surface area contributed by atoms with Crippen LogP contribution in [0.3, 0.4) is 0 Å². The van der Waals surface area contributed by atoms with Crippen molar-refractivity contribution in [3.63, 3.8) is 0 Å². The number of carbonyl (C=O) groups is 1. The SMILES string of the molecule is O=C(OCCN1CCCCC1)C(O)(c1ccccc1)c1ccccc1.[Cl-]. The maximum Gasteiger partial charge on any atom is 0.347 e. The molecular formula is C21H25ClNO3-. The van der Waals surface area contributed by atoms with E-state index in [1.54, 1.807) is 24.3 Å². The lowest BCUT2D eigenvalue weighted by Crippen LogP contribution is -3.00. The Morgan fingerprint density at radius 3 is 1.92 bits per heavy atom. The third-order valence-corrected chi connectivity index (χ3v) is 4.77. The quantitative estimate of drug-likeness (QED) is 0.721. The normalized spacial score (nSPS) is 15.1. The number of piperidine rings is 1. The Balaban J connectivity index is 0.00000243. The number of nitrogens with zero attached hydrogens (tertiary/aromatic N) is 1. The zero-order valence-corrected chi connectivity index (χ0v) is 15.6. The number of benzene rings is 2. The molecule has 1 heterocycles. The minimum atomic E-state index is -1.79. The summed E-state index contributed by atoms with van der Waals surface area (Å²) in [6.07, 6.45) is 3.68. The van der Waals surface area contributed by atoms with Crippen molar-refractivity contribution in [1.82, 2.24) is 4.90 Å². The number of rotatable bonds is 6. The van der Waals surface area contributed by atoms with Gasteiger partial charge in [0.2, 0.25) is 5.60 Å². The third kappa shape index (κ3) is 4.64. The molecular weight excluding hydrogens is 350 g/mol. The number of carbonyl (C=O) groups excluding carboxylic acids is 1. The minimum Gasteiger partial charge on any atom is -1.00 e. The minimum absolute atomic E-state index is 0. The van der Waals surface area contributed by atoms with Crippen molar-refractivity contribution < 1.29 is 27.0 Å². The Kier molecular flexibility index (Phi) is 7.64. The van der Waals surface area contributed by atoms with Gasteiger partial charge in [-0.3, -0.25) is 4.90 Å². The zero-order valence-electron chi connectivity index (χ0n) is 14.8. The van der Waals surface area contributed by atoms with Gasteiger partial charge in [0.05, 0.1) is 0 Å². The van der Waals surface area contributed by atoms with Crippen LogP contribution in [0.4, 0.5) is 0 Å². The molecule has 0 bridgehead atoms. The highest BCUT2D eigenvalue weighted by Crippen LogP contribution is 2.31. The van der Waals surface area contributed by atoms with Crippen LogP contribution in [0.15, 0.2) is 60.7 Å². The highest BCUT2D eigenvalue weighted by atomic mass is 35.5. The molecule has 1 aliphatic heterocycles. The van der Waals surface area contributed by atoms with E-state index in [1.165, 1.54) is 19.3 Å². The van der Waals surface area contributed by atoms with Crippen LogP contribution in [0.2, 0.25) is 0 Å². The molecule has 0 atom stereocenters. The van der Waals surface area contributed by atoms with Gasteiger partial charge in [0.15, 0.2) is 0 Å². The van der Waals surface area contributed by atoms with Crippen LogP contribution in [0.1, 0.15) is 30.4 Å². The predicted molar refractivity (Wildman–Crippen MR) is 97.1 cm³/mol. The summed E-state index contributed by atoms with van der Waals surface area (Å²) >= 11 is 0. The molecule has 26 heavy (non-hydrogen) atoms. The molecule has 0 spiro atoms. The third-order valence-electron chi connectivity index (χ3n) is 4.77. The standard InChI is InChI=1S/C21H25NO3.ClH/c23-20(25-17-16-22-14-8-3-9-15-22)21(24,18-10-4-1-5-11-18)19-12-6-2-7-13-19;/h1-2,4-7,10-13,24H,3,8-9,14-17H2;1H/p-1. The van der Waals surface area contributed by atoms with Gasteiger partial charge in [0, 0.05) is 6.54 Å². The van der Waals surface area contributed by atoms with Crippen molar-refractivity contribution >= 4 is 5.97 Å². The van der Waals surface area contributed by atoms with Gasteiger partial charge < -0.3 is 22.3 Å². The zero-order chi connectivity index (χ0) is 17.5.